The Morgan fingerprint density at radius 3 is 2.95 bits per heavy atom. The average molecular weight is 508 g/mol. The second-order valence-corrected chi connectivity index (χ2v) is 9.04. The van der Waals surface area contributed by atoms with E-state index in [0.29, 0.717) is 58.4 Å². The second kappa shape index (κ2) is 9.08. The Hall–Kier alpha value is -5.11. The molecule has 1 aliphatic heterocycles. The molecule has 1 amide bonds. The van der Waals surface area contributed by atoms with Gasteiger partial charge < -0.3 is 15.2 Å². The molecule has 11 heteroatoms. The number of likely N-dealkylation sites (tertiary alicyclic amines) is 1. The molecule has 4 aromatic heterocycles. The third-order valence-corrected chi connectivity index (χ3v) is 6.73. The minimum Gasteiger partial charge on any atom is -0.383 e. The van der Waals surface area contributed by atoms with Gasteiger partial charge in [-0.25, -0.2) is 14.4 Å². The first-order valence-electron chi connectivity index (χ1n) is 11.9. The lowest BCUT2D eigenvalue weighted by Gasteiger charge is -2.16. The highest BCUT2D eigenvalue weighted by atomic mass is 19.1. The Balaban J connectivity index is 1.53. The molecule has 1 aromatic carbocycles. The minimum absolute atomic E-state index is 0.139. The Morgan fingerprint density at radius 2 is 2.16 bits per heavy atom. The van der Waals surface area contributed by atoms with Gasteiger partial charge in [0.1, 0.15) is 17.3 Å². The molecule has 0 radical (unpaired) electrons. The van der Waals surface area contributed by atoms with Crippen molar-refractivity contribution in [3.8, 4) is 23.1 Å². The predicted molar refractivity (Wildman–Crippen MR) is 140 cm³/mol. The molecule has 0 bridgehead atoms. The molecular formula is C27H22FN9O. The molecule has 188 valence electrons. The number of fused-ring (bicyclic) bond motifs is 2. The van der Waals surface area contributed by atoms with Crippen LogP contribution in [-0.4, -0.2) is 58.4 Å². The van der Waals surface area contributed by atoms with Crippen LogP contribution >= 0.6 is 0 Å². The largest absolute Gasteiger partial charge is 0.383 e. The quantitative estimate of drug-likeness (QED) is 0.294. The molecule has 5 aromatic rings. The maximum absolute atomic E-state index is 14.9. The number of nitrogens with two attached hydrogens (primary N) is 1. The van der Waals surface area contributed by atoms with Crippen LogP contribution in [-0.2, 0) is 11.8 Å². The fraction of sp³-hybridized carbons (Fsp3) is 0.185. The van der Waals surface area contributed by atoms with Crippen LogP contribution in [0.15, 0.2) is 55.6 Å². The van der Waals surface area contributed by atoms with Gasteiger partial charge in [-0.15, -0.1) is 0 Å². The zero-order valence-corrected chi connectivity index (χ0v) is 20.5. The summed E-state index contributed by atoms with van der Waals surface area (Å²) in [6.45, 7) is 4.60. The van der Waals surface area contributed by atoms with E-state index in [9.17, 15) is 9.18 Å². The van der Waals surface area contributed by atoms with Crippen LogP contribution in [0, 0.1) is 17.7 Å². The van der Waals surface area contributed by atoms with E-state index in [1.165, 1.54) is 12.1 Å². The summed E-state index contributed by atoms with van der Waals surface area (Å²) in [5, 5.41) is 13.6. The lowest BCUT2D eigenvalue weighted by Crippen LogP contribution is -2.27. The molecule has 1 aliphatic rings. The topological polar surface area (TPSA) is 121 Å². The molecule has 1 atom stereocenters. The number of carbonyl (C=O) groups is 1. The average Bonchev–Trinajstić information content (AvgIpc) is 3.66. The third-order valence-electron chi connectivity index (χ3n) is 6.73. The van der Waals surface area contributed by atoms with Crippen molar-refractivity contribution in [2.24, 2.45) is 7.05 Å². The highest BCUT2D eigenvalue weighted by Gasteiger charge is 2.30. The van der Waals surface area contributed by atoms with Crippen molar-refractivity contribution in [3.05, 3.63) is 72.7 Å². The van der Waals surface area contributed by atoms with E-state index in [1.807, 2.05) is 10.7 Å². The molecule has 6 rings (SSSR count). The van der Waals surface area contributed by atoms with Crippen LogP contribution in [0.1, 0.15) is 23.7 Å². The number of hydrogen-bond donors (Lipinski definition) is 1. The van der Waals surface area contributed by atoms with Gasteiger partial charge in [-0.1, -0.05) is 12.5 Å². The summed E-state index contributed by atoms with van der Waals surface area (Å²) in [5.41, 5.74) is 10.2. The van der Waals surface area contributed by atoms with Crippen molar-refractivity contribution in [2.75, 3.05) is 18.8 Å². The number of benzene rings is 1. The number of halogens is 1. The monoisotopic (exact) mass is 507 g/mol. The van der Waals surface area contributed by atoms with Crippen molar-refractivity contribution in [3.63, 3.8) is 0 Å². The van der Waals surface area contributed by atoms with Gasteiger partial charge in [0.15, 0.2) is 0 Å². The van der Waals surface area contributed by atoms with Crippen LogP contribution in [0.2, 0.25) is 0 Å². The molecular weight excluding hydrogens is 485 g/mol. The smallest absolute Gasteiger partial charge is 0.246 e. The summed E-state index contributed by atoms with van der Waals surface area (Å²) < 4.78 is 18.5. The summed E-state index contributed by atoms with van der Waals surface area (Å²) in [4.78, 5) is 22.7. The van der Waals surface area contributed by atoms with E-state index in [4.69, 9.17) is 10.8 Å². The number of hydrogen-bond acceptors (Lipinski definition) is 7. The Bertz CT molecular complexity index is 1800. The van der Waals surface area contributed by atoms with Crippen LogP contribution in [0.5, 0.6) is 0 Å². The number of aromatic nitrogens is 7. The van der Waals surface area contributed by atoms with Gasteiger partial charge in [0.25, 0.3) is 0 Å². The predicted octanol–water partition coefficient (Wildman–Crippen LogP) is 2.86. The Kier molecular flexibility index (Phi) is 5.57. The number of rotatable bonds is 3. The van der Waals surface area contributed by atoms with Crippen molar-refractivity contribution >= 4 is 33.7 Å². The van der Waals surface area contributed by atoms with E-state index < -0.39 is 5.82 Å². The van der Waals surface area contributed by atoms with Gasteiger partial charge in [0, 0.05) is 44.2 Å². The number of nitrogen functional groups attached to an aromatic ring is 1. The van der Waals surface area contributed by atoms with Gasteiger partial charge in [0.2, 0.25) is 5.91 Å². The molecule has 0 spiro atoms. The van der Waals surface area contributed by atoms with E-state index in [1.54, 1.807) is 47.4 Å². The van der Waals surface area contributed by atoms with E-state index in [2.05, 4.69) is 38.6 Å². The lowest BCUT2D eigenvalue weighted by molar-refractivity contribution is -0.125. The zero-order chi connectivity index (χ0) is 26.4. The van der Waals surface area contributed by atoms with Gasteiger partial charge in [-0.05, 0) is 36.6 Å². The number of amides is 1. The zero-order valence-electron chi connectivity index (χ0n) is 20.5. The van der Waals surface area contributed by atoms with Crippen LogP contribution in [0.3, 0.4) is 0 Å². The molecule has 1 saturated heterocycles. The van der Waals surface area contributed by atoms with Gasteiger partial charge in [0.05, 0.1) is 45.6 Å². The maximum Gasteiger partial charge on any atom is 0.246 e. The third kappa shape index (κ3) is 3.83. The highest BCUT2D eigenvalue weighted by molar-refractivity contribution is 6.01. The molecule has 0 unspecified atom stereocenters. The van der Waals surface area contributed by atoms with E-state index in [0.717, 1.165) is 0 Å². The fourth-order valence-electron chi connectivity index (χ4n) is 4.82. The number of pyridine rings is 1. The summed E-state index contributed by atoms with van der Waals surface area (Å²) in [6, 6.07) is 6.48. The maximum atomic E-state index is 14.9. The molecule has 10 nitrogen and oxygen atoms in total. The fourth-order valence-corrected chi connectivity index (χ4v) is 4.82. The number of imidazole rings is 1. The van der Waals surface area contributed by atoms with Crippen LogP contribution in [0.4, 0.5) is 10.2 Å². The molecule has 0 saturated carbocycles. The summed E-state index contributed by atoms with van der Waals surface area (Å²) >= 11 is 0. The lowest BCUT2D eigenvalue weighted by atomic mass is 10.1. The summed E-state index contributed by atoms with van der Waals surface area (Å²) in [6.07, 6.45) is 6.82. The normalized spacial score (nSPS) is 15.1. The number of nitrogens with zero attached hydrogens (tertiary/aromatic N) is 8. The minimum atomic E-state index is -0.460. The van der Waals surface area contributed by atoms with Crippen molar-refractivity contribution in [1.29, 1.82) is 0 Å². The number of carbonyl (C=O) groups excluding carboxylic acids is 1. The molecule has 5 heterocycles. The first-order chi connectivity index (χ1) is 18.4. The molecule has 1 fully saturated rings. The first-order valence-corrected chi connectivity index (χ1v) is 11.9. The van der Waals surface area contributed by atoms with Crippen molar-refractivity contribution in [2.45, 2.75) is 12.5 Å². The number of aryl methyl sites for hydroxylation is 1. The van der Waals surface area contributed by atoms with Crippen molar-refractivity contribution in [1.82, 2.24) is 39.4 Å². The Morgan fingerprint density at radius 1 is 1.29 bits per heavy atom. The summed E-state index contributed by atoms with van der Waals surface area (Å²) in [7, 11) is 1.80. The highest BCUT2D eigenvalue weighted by Crippen LogP contribution is 2.35. The Labute approximate surface area is 216 Å². The standard InChI is InChI=1S/C27H22FN9O/c1-3-24(38)36-10-8-17(14-36)37-26-18(20-5-4-9-32-33-20)13-30-27(29)25(26)21(34-37)7-6-16-11-22-23(12-19(16)28)35(2)15-31-22/h3-5,9,11-13,15,17H,1,8,10,14H2,2H3,(H2,29,30)/t17-/m0/s1. The second-order valence-electron chi connectivity index (χ2n) is 9.04. The summed E-state index contributed by atoms with van der Waals surface area (Å²) in [5.74, 6) is 5.56. The van der Waals surface area contributed by atoms with Crippen LogP contribution < -0.4 is 5.73 Å². The molecule has 38 heavy (non-hydrogen) atoms. The van der Waals surface area contributed by atoms with Crippen LogP contribution in [0.25, 0.3) is 33.2 Å². The molecule has 0 aliphatic carbocycles. The van der Waals surface area contributed by atoms with Gasteiger partial charge in [-0.3, -0.25) is 9.48 Å². The molecule has 2 N–H and O–H groups in total. The number of anilines is 1. The van der Waals surface area contributed by atoms with Crippen molar-refractivity contribution < 1.29 is 9.18 Å². The van der Waals surface area contributed by atoms with Gasteiger partial charge in [-0.2, -0.15) is 15.3 Å². The van der Waals surface area contributed by atoms with E-state index >= 15 is 0 Å². The van der Waals surface area contributed by atoms with Gasteiger partial charge >= 0.3 is 0 Å². The van der Waals surface area contributed by atoms with E-state index in [-0.39, 0.29) is 23.3 Å². The SMILES string of the molecule is C=CC(=O)N1CC[C@H](n2nc(C#Cc3cc4ncn(C)c4cc3F)c3c(N)ncc(-c4cccnn4)c32)C1. The first kappa shape index (κ1) is 23.3.